The van der Waals surface area contributed by atoms with Crippen LogP contribution < -0.4 is 0 Å². The normalized spacial score (nSPS) is 6.57. The molecule has 0 aromatic carbocycles. The van der Waals surface area contributed by atoms with Crippen LogP contribution in [-0.2, 0) is 0 Å². The maximum absolute atomic E-state index is 3.66. The molecule has 0 heterocycles. The van der Waals surface area contributed by atoms with Gasteiger partial charge in [-0.05, 0) is 13.8 Å². The van der Waals surface area contributed by atoms with Gasteiger partial charge in [0.15, 0.2) is 0 Å². The third-order valence-electron chi connectivity index (χ3n) is 0.729. The molecule has 0 bridgehead atoms. The van der Waals surface area contributed by atoms with Crippen molar-refractivity contribution >= 4 is 18.9 Å². The van der Waals surface area contributed by atoms with Gasteiger partial charge in [0, 0.05) is 18.9 Å². The summed E-state index contributed by atoms with van der Waals surface area (Å²) in [5, 5.41) is 0. The fourth-order valence-corrected chi connectivity index (χ4v) is 0. The Balaban J connectivity index is 0. The smallest absolute Gasteiger partial charge is 0 e. The average molecular weight is 89.1 g/mol. The van der Waals surface area contributed by atoms with Crippen LogP contribution in [0.15, 0.2) is 24.3 Å². The molecule has 0 atom stereocenters. The Kier molecular flexibility index (Phi) is 6.14. The van der Waals surface area contributed by atoms with E-state index >= 15 is 0 Å². The SMILES string of the molecule is C=C(C)C(=C)C.[Li]. The molecule has 0 saturated carbocycles. The van der Waals surface area contributed by atoms with Crippen LogP contribution in [0.2, 0.25) is 0 Å². The van der Waals surface area contributed by atoms with Crippen LogP contribution in [0.25, 0.3) is 0 Å². The Hall–Kier alpha value is 0.0774. The molecule has 7 heavy (non-hydrogen) atoms. The molecule has 1 heteroatoms. The minimum atomic E-state index is 0. The molecule has 0 nitrogen and oxygen atoms in total. The first-order chi connectivity index (χ1) is 2.64. The van der Waals surface area contributed by atoms with Gasteiger partial charge in [0.25, 0.3) is 0 Å². The second-order valence-electron chi connectivity index (χ2n) is 1.56. The predicted octanol–water partition coefficient (Wildman–Crippen LogP) is 1.76. The third kappa shape index (κ3) is 6.08. The van der Waals surface area contributed by atoms with Gasteiger partial charge in [-0.3, -0.25) is 0 Å². The number of hydrogen-bond acceptors (Lipinski definition) is 0. The summed E-state index contributed by atoms with van der Waals surface area (Å²) in [6.07, 6.45) is 0. The maximum Gasteiger partial charge on any atom is 0 e. The Labute approximate surface area is 57.5 Å². The third-order valence-corrected chi connectivity index (χ3v) is 0.729. The number of hydrogen-bond donors (Lipinski definition) is 0. The van der Waals surface area contributed by atoms with Gasteiger partial charge in [0.1, 0.15) is 0 Å². The second kappa shape index (κ2) is 4.24. The molecular formula is C6H10Li. The fraction of sp³-hybridized carbons (Fsp3) is 0.333. The van der Waals surface area contributed by atoms with E-state index in [4.69, 9.17) is 0 Å². The topological polar surface area (TPSA) is 0 Å². The zero-order valence-electron chi connectivity index (χ0n) is 5.41. The van der Waals surface area contributed by atoms with Crippen LogP contribution in [0.3, 0.4) is 0 Å². The average Bonchev–Trinajstić information content (AvgIpc) is 1.36. The van der Waals surface area contributed by atoms with Crippen LogP contribution in [0.5, 0.6) is 0 Å². The maximum atomic E-state index is 3.66. The summed E-state index contributed by atoms with van der Waals surface area (Å²) in [4.78, 5) is 0. The molecule has 35 valence electrons. The molecule has 0 aliphatic carbocycles. The largest absolute Gasteiger partial charge is 0.0959 e. The fourth-order valence-electron chi connectivity index (χ4n) is 0. The van der Waals surface area contributed by atoms with Crippen LogP contribution in [0.4, 0.5) is 0 Å². The zero-order chi connectivity index (χ0) is 5.15. The molecule has 0 aliphatic rings. The summed E-state index contributed by atoms with van der Waals surface area (Å²) >= 11 is 0. The van der Waals surface area contributed by atoms with E-state index in [1.165, 1.54) is 0 Å². The summed E-state index contributed by atoms with van der Waals surface area (Å²) in [5.41, 5.74) is 2.13. The van der Waals surface area contributed by atoms with E-state index in [2.05, 4.69) is 13.2 Å². The molecule has 0 N–H and O–H groups in total. The molecule has 0 aliphatic heterocycles. The molecule has 0 unspecified atom stereocenters. The Morgan fingerprint density at radius 2 is 1.14 bits per heavy atom. The van der Waals surface area contributed by atoms with Gasteiger partial charge >= 0.3 is 0 Å². The van der Waals surface area contributed by atoms with E-state index in [1.807, 2.05) is 13.8 Å². The summed E-state index contributed by atoms with van der Waals surface area (Å²) in [6, 6.07) is 0. The Morgan fingerprint density at radius 3 is 1.14 bits per heavy atom. The van der Waals surface area contributed by atoms with Crippen LogP contribution in [-0.4, -0.2) is 18.9 Å². The summed E-state index contributed by atoms with van der Waals surface area (Å²) in [7, 11) is 0. The Morgan fingerprint density at radius 1 is 1.00 bits per heavy atom. The first-order valence-corrected chi connectivity index (χ1v) is 1.96. The summed E-state index contributed by atoms with van der Waals surface area (Å²) in [5.74, 6) is 0. The summed E-state index contributed by atoms with van der Waals surface area (Å²) in [6.45, 7) is 11.2. The van der Waals surface area contributed by atoms with Crippen molar-refractivity contribution in [3.8, 4) is 0 Å². The van der Waals surface area contributed by atoms with Gasteiger partial charge in [0.2, 0.25) is 0 Å². The predicted molar refractivity (Wildman–Crippen MR) is 35.4 cm³/mol. The number of allylic oxidation sites excluding steroid dienone is 2. The standard InChI is InChI=1S/C6H10.Li/c1-5(2)6(3)4;/h1,3H2,2,4H3;. The Bertz CT molecular complexity index is 70.2. The minimum absolute atomic E-state index is 0. The van der Waals surface area contributed by atoms with E-state index in [0.717, 1.165) is 11.1 Å². The van der Waals surface area contributed by atoms with Gasteiger partial charge in [-0.1, -0.05) is 24.3 Å². The molecule has 0 spiro atoms. The zero-order valence-corrected chi connectivity index (χ0v) is 5.41. The van der Waals surface area contributed by atoms with Gasteiger partial charge in [-0.15, -0.1) is 0 Å². The van der Waals surface area contributed by atoms with Crippen LogP contribution in [0, 0.1) is 0 Å². The van der Waals surface area contributed by atoms with E-state index < -0.39 is 0 Å². The van der Waals surface area contributed by atoms with Crippen LogP contribution >= 0.6 is 0 Å². The van der Waals surface area contributed by atoms with E-state index in [1.54, 1.807) is 0 Å². The molecule has 0 aromatic rings. The van der Waals surface area contributed by atoms with Crippen molar-refractivity contribution in [1.82, 2.24) is 0 Å². The van der Waals surface area contributed by atoms with Crippen molar-refractivity contribution in [1.29, 1.82) is 0 Å². The van der Waals surface area contributed by atoms with Gasteiger partial charge < -0.3 is 0 Å². The summed E-state index contributed by atoms with van der Waals surface area (Å²) < 4.78 is 0. The van der Waals surface area contributed by atoms with Crippen molar-refractivity contribution in [2.75, 3.05) is 0 Å². The van der Waals surface area contributed by atoms with E-state index in [0.29, 0.717) is 0 Å². The van der Waals surface area contributed by atoms with Gasteiger partial charge in [-0.2, -0.15) is 0 Å². The quantitative estimate of drug-likeness (QED) is 0.339. The molecule has 0 aromatic heterocycles. The minimum Gasteiger partial charge on any atom is -0.0959 e. The molecule has 0 amide bonds. The van der Waals surface area contributed by atoms with Crippen molar-refractivity contribution in [3.63, 3.8) is 0 Å². The molecular weight excluding hydrogens is 79.0 g/mol. The molecule has 0 saturated heterocycles. The second-order valence-corrected chi connectivity index (χ2v) is 1.56. The van der Waals surface area contributed by atoms with E-state index in [9.17, 15) is 0 Å². The van der Waals surface area contributed by atoms with E-state index in [-0.39, 0.29) is 18.9 Å². The van der Waals surface area contributed by atoms with Crippen molar-refractivity contribution < 1.29 is 0 Å². The van der Waals surface area contributed by atoms with Crippen LogP contribution in [0.1, 0.15) is 13.8 Å². The molecule has 0 fully saturated rings. The first-order valence-electron chi connectivity index (χ1n) is 1.96. The van der Waals surface area contributed by atoms with Gasteiger partial charge in [0.05, 0.1) is 0 Å². The first kappa shape index (κ1) is 10.1. The van der Waals surface area contributed by atoms with Gasteiger partial charge in [-0.25, -0.2) is 0 Å². The van der Waals surface area contributed by atoms with Crippen molar-refractivity contribution in [2.45, 2.75) is 13.8 Å². The molecule has 0 rings (SSSR count). The van der Waals surface area contributed by atoms with Crippen molar-refractivity contribution in [3.05, 3.63) is 24.3 Å². The number of rotatable bonds is 1. The monoisotopic (exact) mass is 89.1 g/mol. The molecule has 1 radical (unpaired) electrons. The van der Waals surface area contributed by atoms with Crippen molar-refractivity contribution in [2.24, 2.45) is 0 Å².